The van der Waals surface area contributed by atoms with Crippen LogP contribution in [0.3, 0.4) is 0 Å². The van der Waals surface area contributed by atoms with Crippen LogP contribution < -0.4 is 4.74 Å². The van der Waals surface area contributed by atoms with Gasteiger partial charge >= 0.3 is 0 Å². The molecule has 1 aromatic carbocycles. The molecule has 0 atom stereocenters. The number of ether oxygens (including phenoxy) is 1. The molecule has 0 spiro atoms. The third-order valence-electron chi connectivity index (χ3n) is 2.92. The first-order valence-corrected chi connectivity index (χ1v) is 6.04. The van der Waals surface area contributed by atoms with Crippen molar-refractivity contribution in [2.24, 2.45) is 0 Å². The number of carbonyl (C=O) groups excluding carboxylic acids is 1. The Morgan fingerprint density at radius 2 is 2.16 bits per heavy atom. The number of nitrogens with zero attached hydrogens (tertiary/aromatic N) is 3. The van der Waals surface area contributed by atoms with Crippen molar-refractivity contribution in [3.63, 3.8) is 0 Å². The molecule has 0 N–H and O–H groups in total. The van der Waals surface area contributed by atoms with E-state index in [1.54, 1.807) is 24.0 Å². The molecule has 3 rings (SSSR count). The quantitative estimate of drug-likeness (QED) is 0.815. The molecule has 0 unspecified atom stereocenters. The molecule has 1 aromatic heterocycles. The summed E-state index contributed by atoms with van der Waals surface area (Å²) in [6.07, 6.45) is 0. The minimum Gasteiger partial charge on any atom is -0.491 e. The molecule has 1 amide bonds. The van der Waals surface area contributed by atoms with E-state index in [0.717, 1.165) is 0 Å². The Balaban J connectivity index is 1.85. The van der Waals surface area contributed by atoms with Gasteiger partial charge in [0.1, 0.15) is 12.4 Å². The summed E-state index contributed by atoms with van der Waals surface area (Å²) in [4.78, 5) is 14.1. The normalized spacial score (nSPS) is 14.8. The predicted molar refractivity (Wildman–Crippen MR) is 65.7 cm³/mol. The fourth-order valence-corrected chi connectivity index (χ4v) is 2.02. The number of fused-ring (bicyclic) bond motifs is 1. The van der Waals surface area contributed by atoms with Gasteiger partial charge in [-0.3, -0.25) is 4.79 Å². The molecule has 0 saturated heterocycles. The third-order valence-corrected chi connectivity index (χ3v) is 2.92. The summed E-state index contributed by atoms with van der Waals surface area (Å²) in [5, 5.41) is 7.67. The maximum atomic E-state index is 12.4. The van der Waals surface area contributed by atoms with Crippen LogP contribution >= 0.6 is 0 Å². The lowest BCUT2D eigenvalue weighted by Gasteiger charge is -2.17. The van der Waals surface area contributed by atoms with Gasteiger partial charge in [0, 0.05) is 6.92 Å². The predicted octanol–water partition coefficient (Wildman–Crippen LogP) is 1.41. The zero-order valence-corrected chi connectivity index (χ0v) is 10.5. The number of amides is 1. The first-order chi connectivity index (χ1) is 9.24. The van der Waals surface area contributed by atoms with E-state index in [0.29, 0.717) is 42.8 Å². The van der Waals surface area contributed by atoms with Crippen molar-refractivity contribution < 1.29 is 13.9 Å². The molecule has 2 heterocycles. The average molecular weight is 259 g/mol. The molecule has 0 radical (unpaired) electrons. The Labute approximate surface area is 110 Å². The Morgan fingerprint density at radius 1 is 1.32 bits per heavy atom. The lowest BCUT2D eigenvalue weighted by atomic mass is 10.2. The number of hydrogen-bond acceptors (Lipinski definition) is 5. The van der Waals surface area contributed by atoms with Gasteiger partial charge in [0.05, 0.1) is 18.7 Å². The number of hydrogen-bond donors (Lipinski definition) is 0. The molecule has 0 fully saturated rings. The minimum absolute atomic E-state index is 0.0797. The second kappa shape index (κ2) is 4.72. The Hall–Kier alpha value is -2.37. The highest BCUT2D eigenvalue weighted by atomic mass is 16.5. The summed E-state index contributed by atoms with van der Waals surface area (Å²) in [5.74, 6) is 1.47. The summed E-state index contributed by atoms with van der Waals surface area (Å²) in [6, 6.07) is 7.23. The fourth-order valence-electron chi connectivity index (χ4n) is 2.02. The lowest BCUT2D eigenvalue weighted by molar-refractivity contribution is 0.0727. The minimum atomic E-state index is -0.0797. The van der Waals surface area contributed by atoms with Gasteiger partial charge < -0.3 is 14.1 Å². The molecular formula is C13H13N3O3. The van der Waals surface area contributed by atoms with Crippen LogP contribution in [0.1, 0.15) is 22.1 Å². The van der Waals surface area contributed by atoms with Crippen molar-refractivity contribution in [3.05, 3.63) is 41.6 Å². The van der Waals surface area contributed by atoms with Gasteiger partial charge in [-0.05, 0) is 12.1 Å². The van der Waals surface area contributed by atoms with Crippen molar-refractivity contribution in [2.75, 3.05) is 13.2 Å². The number of rotatable bonds is 2. The summed E-state index contributed by atoms with van der Waals surface area (Å²) >= 11 is 0. The largest absolute Gasteiger partial charge is 0.491 e. The molecule has 19 heavy (non-hydrogen) atoms. The standard InChI is InChI=1S/C13H13N3O3/c1-9-14-15-12(19-9)8-16-6-7-18-11-5-3-2-4-10(11)13(16)17/h2-5H,6-8H2,1H3. The molecule has 98 valence electrons. The van der Waals surface area contributed by atoms with Gasteiger partial charge in [-0.25, -0.2) is 0 Å². The molecule has 6 heteroatoms. The lowest BCUT2D eigenvalue weighted by Crippen LogP contribution is -2.32. The van der Waals surface area contributed by atoms with Crippen LogP contribution in [0.25, 0.3) is 0 Å². The highest BCUT2D eigenvalue weighted by molar-refractivity contribution is 5.97. The molecule has 0 saturated carbocycles. The van der Waals surface area contributed by atoms with Crippen LogP contribution in [0.2, 0.25) is 0 Å². The molecule has 1 aliphatic rings. The van der Waals surface area contributed by atoms with Gasteiger partial charge in [-0.15, -0.1) is 10.2 Å². The van der Waals surface area contributed by atoms with Crippen LogP contribution in [0.15, 0.2) is 28.7 Å². The fraction of sp³-hybridized carbons (Fsp3) is 0.308. The Morgan fingerprint density at radius 3 is 2.95 bits per heavy atom. The van der Waals surface area contributed by atoms with Crippen LogP contribution in [0, 0.1) is 6.92 Å². The van der Waals surface area contributed by atoms with E-state index in [-0.39, 0.29) is 5.91 Å². The van der Waals surface area contributed by atoms with E-state index < -0.39 is 0 Å². The van der Waals surface area contributed by atoms with E-state index >= 15 is 0 Å². The van der Waals surface area contributed by atoms with Crippen molar-refractivity contribution >= 4 is 5.91 Å². The third kappa shape index (κ3) is 2.29. The van der Waals surface area contributed by atoms with Crippen LogP contribution in [0.5, 0.6) is 5.75 Å². The van der Waals surface area contributed by atoms with E-state index in [9.17, 15) is 4.79 Å². The van der Waals surface area contributed by atoms with Gasteiger partial charge in [0.25, 0.3) is 5.91 Å². The topological polar surface area (TPSA) is 68.5 Å². The highest BCUT2D eigenvalue weighted by Gasteiger charge is 2.24. The van der Waals surface area contributed by atoms with Crippen LogP contribution in [-0.4, -0.2) is 34.2 Å². The second-order valence-electron chi connectivity index (χ2n) is 4.29. The highest BCUT2D eigenvalue weighted by Crippen LogP contribution is 2.23. The monoisotopic (exact) mass is 259 g/mol. The van der Waals surface area contributed by atoms with Crippen molar-refractivity contribution in [2.45, 2.75) is 13.5 Å². The van der Waals surface area contributed by atoms with Crippen molar-refractivity contribution in [3.8, 4) is 5.75 Å². The number of para-hydroxylation sites is 1. The van der Waals surface area contributed by atoms with Crippen molar-refractivity contribution in [1.29, 1.82) is 0 Å². The number of benzene rings is 1. The van der Waals surface area contributed by atoms with E-state index in [4.69, 9.17) is 9.15 Å². The molecule has 2 aromatic rings. The second-order valence-corrected chi connectivity index (χ2v) is 4.29. The van der Waals surface area contributed by atoms with Gasteiger partial charge in [0.15, 0.2) is 0 Å². The van der Waals surface area contributed by atoms with Gasteiger partial charge in [0.2, 0.25) is 11.8 Å². The maximum Gasteiger partial charge on any atom is 0.258 e. The Kier molecular flexibility index (Phi) is 2.91. The number of carbonyl (C=O) groups is 1. The summed E-state index contributed by atoms with van der Waals surface area (Å²) in [6.45, 7) is 2.97. The van der Waals surface area contributed by atoms with E-state index in [1.165, 1.54) is 0 Å². The zero-order valence-electron chi connectivity index (χ0n) is 10.5. The summed E-state index contributed by atoms with van der Waals surface area (Å²) in [5.41, 5.74) is 0.566. The summed E-state index contributed by atoms with van der Waals surface area (Å²) in [7, 11) is 0. The summed E-state index contributed by atoms with van der Waals surface area (Å²) < 4.78 is 10.9. The van der Waals surface area contributed by atoms with E-state index in [2.05, 4.69) is 10.2 Å². The molecular weight excluding hydrogens is 246 g/mol. The van der Waals surface area contributed by atoms with E-state index in [1.807, 2.05) is 12.1 Å². The average Bonchev–Trinajstić information content (AvgIpc) is 2.75. The number of aryl methyl sites for hydroxylation is 1. The van der Waals surface area contributed by atoms with Crippen LogP contribution in [0.4, 0.5) is 0 Å². The van der Waals surface area contributed by atoms with Crippen LogP contribution in [-0.2, 0) is 6.54 Å². The molecule has 0 aliphatic carbocycles. The molecule has 1 aliphatic heterocycles. The number of aromatic nitrogens is 2. The SMILES string of the molecule is Cc1nnc(CN2CCOc3ccccc3C2=O)o1. The maximum absolute atomic E-state index is 12.4. The molecule has 6 nitrogen and oxygen atoms in total. The van der Waals surface area contributed by atoms with Gasteiger partial charge in [-0.1, -0.05) is 12.1 Å². The van der Waals surface area contributed by atoms with Crippen molar-refractivity contribution in [1.82, 2.24) is 15.1 Å². The zero-order chi connectivity index (χ0) is 13.2. The Bertz CT molecular complexity index is 609. The first kappa shape index (κ1) is 11.7. The molecule has 0 bridgehead atoms. The first-order valence-electron chi connectivity index (χ1n) is 6.04. The smallest absolute Gasteiger partial charge is 0.258 e. The van der Waals surface area contributed by atoms with Gasteiger partial charge in [-0.2, -0.15) is 0 Å².